The predicted octanol–water partition coefficient (Wildman–Crippen LogP) is 0.816. The van der Waals surface area contributed by atoms with Crippen molar-refractivity contribution in [1.29, 1.82) is 0 Å². The van der Waals surface area contributed by atoms with Crippen molar-refractivity contribution in [2.45, 2.75) is 25.9 Å². The molecule has 2 heterocycles. The second-order valence-corrected chi connectivity index (χ2v) is 4.17. The molecule has 0 radical (unpaired) electrons. The molecule has 0 aliphatic carbocycles. The quantitative estimate of drug-likeness (QED) is 0.798. The Morgan fingerprint density at radius 3 is 3.13 bits per heavy atom. The number of hydrogen-bond donors (Lipinski definition) is 1. The maximum Gasteiger partial charge on any atom is 0.0569 e. The van der Waals surface area contributed by atoms with Crippen LogP contribution in [0.2, 0.25) is 0 Å². The minimum absolute atomic E-state index is 0.464. The molecule has 2 rings (SSSR count). The van der Waals surface area contributed by atoms with E-state index in [9.17, 15) is 0 Å². The van der Waals surface area contributed by atoms with Crippen LogP contribution in [-0.4, -0.2) is 36.1 Å². The van der Waals surface area contributed by atoms with Gasteiger partial charge in [0, 0.05) is 30.5 Å². The zero-order chi connectivity index (χ0) is 10.7. The molecule has 84 valence electrons. The first-order chi connectivity index (χ1) is 7.31. The molecule has 2 atom stereocenters. The summed E-state index contributed by atoms with van der Waals surface area (Å²) >= 11 is 0. The van der Waals surface area contributed by atoms with Gasteiger partial charge in [-0.2, -0.15) is 5.10 Å². The predicted molar refractivity (Wildman–Crippen MR) is 58.7 cm³/mol. The first-order valence-electron chi connectivity index (χ1n) is 5.54. The third kappa shape index (κ3) is 2.38. The smallest absolute Gasteiger partial charge is 0.0569 e. The van der Waals surface area contributed by atoms with Gasteiger partial charge in [-0.15, -0.1) is 0 Å². The Kier molecular flexibility index (Phi) is 3.38. The van der Waals surface area contributed by atoms with Gasteiger partial charge in [0.2, 0.25) is 0 Å². The van der Waals surface area contributed by atoms with Crippen molar-refractivity contribution < 1.29 is 4.74 Å². The van der Waals surface area contributed by atoms with Crippen LogP contribution in [0, 0.1) is 12.8 Å². The second-order valence-electron chi connectivity index (χ2n) is 4.17. The number of likely N-dealkylation sites (N-methyl/N-ethyl adjacent to an activating group) is 1. The van der Waals surface area contributed by atoms with Crippen LogP contribution in [-0.2, 0) is 11.3 Å². The van der Waals surface area contributed by atoms with Crippen LogP contribution in [0.1, 0.15) is 12.1 Å². The number of nitrogens with zero attached hydrogens (tertiary/aromatic N) is 2. The average Bonchev–Trinajstić information content (AvgIpc) is 2.86. The topological polar surface area (TPSA) is 39.1 Å². The number of hydrogen-bond acceptors (Lipinski definition) is 3. The van der Waals surface area contributed by atoms with Crippen molar-refractivity contribution >= 4 is 0 Å². The summed E-state index contributed by atoms with van der Waals surface area (Å²) < 4.78 is 7.47. The summed E-state index contributed by atoms with van der Waals surface area (Å²) in [6.07, 6.45) is 3.01. The highest BCUT2D eigenvalue weighted by Crippen LogP contribution is 2.18. The lowest BCUT2D eigenvalue weighted by Gasteiger charge is -2.22. The molecule has 4 nitrogen and oxygen atoms in total. The van der Waals surface area contributed by atoms with E-state index in [1.54, 1.807) is 0 Å². The van der Waals surface area contributed by atoms with Gasteiger partial charge in [0.1, 0.15) is 0 Å². The zero-order valence-corrected chi connectivity index (χ0v) is 9.44. The summed E-state index contributed by atoms with van der Waals surface area (Å²) in [5.41, 5.74) is 1.22. The van der Waals surface area contributed by atoms with Gasteiger partial charge in [-0.05, 0) is 26.5 Å². The second kappa shape index (κ2) is 4.77. The Bertz CT molecular complexity index is 305. The molecule has 1 saturated heterocycles. The highest BCUT2D eigenvalue weighted by Gasteiger charge is 2.25. The molecule has 1 aliphatic rings. The normalized spacial score (nSPS) is 23.2. The standard InChI is InChI=1S/C11H19N3O/c1-9-3-5-13-14(9)7-11(12-2)10-4-6-15-8-10/h3,5,10-12H,4,6-8H2,1-2H3. The van der Waals surface area contributed by atoms with Gasteiger partial charge in [-0.25, -0.2) is 0 Å². The van der Waals surface area contributed by atoms with Gasteiger partial charge in [0.05, 0.1) is 13.2 Å². The molecule has 4 heteroatoms. The average molecular weight is 209 g/mol. The Hall–Kier alpha value is -0.870. The molecule has 0 aromatic carbocycles. The fraction of sp³-hybridized carbons (Fsp3) is 0.727. The number of nitrogens with one attached hydrogen (secondary N) is 1. The van der Waals surface area contributed by atoms with E-state index in [4.69, 9.17) is 4.74 Å². The Morgan fingerprint density at radius 2 is 2.60 bits per heavy atom. The molecule has 1 fully saturated rings. The summed E-state index contributed by atoms with van der Waals surface area (Å²) in [5.74, 6) is 0.624. The van der Waals surface area contributed by atoms with Gasteiger partial charge in [-0.1, -0.05) is 0 Å². The molecule has 0 bridgehead atoms. The van der Waals surface area contributed by atoms with E-state index in [2.05, 4.69) is 22.0 Å². The summed E-state index contributed by atoms with van der Waals surface area (Å²) in [6, 6.07) is 2.50. The van der Waals surface area contributed by atoms with Crippen molar-refractivity contribution in [3.8, 4) is 0 Å². The maximum atomic E-state index is 5.42. The van der Waals surface area contributed by atoms with E-state index < -0.39 is 0 Å². The van der Waals surface area contributed by atoms with Crippen LogP contribution in [0.25, 0.3) is 0 Å². The van der Waals surface area contributed by atoms with Crippen LogP contribution in [0.3, 0.4) is 0 Å². The van der Waals surface area contributed by atoms with Crippen LogP contribution in [0.5, 0.6) is 0 Å². The van der Waals surface area contributed by atoms with E-state index in [0.717, 1.165) is 26.2 Å². The van der Waals surface area contributed by atoms with Gasteiger partial charge in [-0.3, -0.25) is 4.68 Å². The highest BCUT2D eigenvalue weighted by molar-refractivity contribution is 4.97. The zero-order valence-electron chi connectivity index (χ0n) is 9.44. The van der Waals surface area contributed by atoms with Crippen molar-refractivity contribution in [1.82, 2.24) is 15.1 Å². The third-order valence-electron chi connectivity index (χ3n) is 3.20. The summed E-state index contributed by atoms with van der Waals surface area (Å²) in [7, 11) is 2.02. The minimum Gasteiger partial charge on any atom is -0.381 e. The first-order valence-corrected chi connectivity index (χ1v) is 5.54. The van der Waals surface area contributed by atoms with Crippen LogP contribution in [0.4, 0.5) is 0 Å². The Morgan fingerprint density at radius 1 is 1.73 bits per heavy atom. The minimum atomic E-state index is 0.464. The third-order valence-corrected chi connectivity index (χ3v) is 3.20. The van der Waals surface area contributed by atoms with E-state index in [0.29, 0.717) is 12.0 Å². The molecule has 0 saturated carbocycles. The fourth-order valence-corrected chi connectivity index (χ4v) is 2.12. The lowest BCUT2D eigenvalue weighted by atomic mass is 9.99. The molecule has 1 N–H and O–H groups in total. The van der Waals surface area contributed by atoms with E-state index in [-0.39, 0.29) is 0 Å². The van der Waals surface area contributed by atoms with Gasteiger partial charge in [0.25, 0.3) is 0 Å². The SMILES string of the molecule is CNC(Cn1nccc1C)C1CCOC1. The summed E-state index contributed by atoms with van der Waals surface area (Å²) in [5, 5.41) is 7.68. The van der Waals surface area contributed by atoms with Crippen molar-refractivity contribution in [3.63, 3.8) is 0 Å². The molecule has 0 amide bonds. The molecule has 2 unspecified atom stereocenters. The van der Waals surface area contributed by atoms with Crippen LogP contribution < -0.4 is 5.32 Å². The lowest BCUT2D eigenvalue weighted by molar-refractivity contribution is 0.174. The monoisotopic (exact) mass is 209 g/mol. The van der Waals surface area contributed by atoms with E-state index in [1.165, 1.54) is 5.69 Å². The van der Waals surface area contributed by atoms with Gasteiger partial charge in [0.15, 0.2) is 0 Å². The molecule has 1 aromatic rings. The van der Waals surface area contributed by atoms with Gasteiger partial charge < -0.3 is 10.1 Å². The molecule has 0 spiro atoms. The number of rotatable bonds is 4. The molecule has 1 aromatic heterocycles. The van der Waals surface area contributed by atoms with E-state index in [1.807, 2.05) is 19.3 Å². The summed E-state index contributed by atoms with van der Waals surface area (Å²) in [6.45, 7) is 4.81. The molecular formula is C11H19N3O. The molecular weight excluding hydrogens is 190 g/mol. The first kappa shape index (κ1) is 10.6. The van der Waals surface area contributed by atoms with Crippen molar-refractivity contribution in [3.05, 3.63) is 18.0 Å². The number of ether oxygens (including phenoxy) is 1. The van der Waals surface area contributed by atoms with Crippen molar-refractivity contribution in [2.24, 2.45) is 5.92 Å². The van der Waals surface area contributed by atoms with Gasteiger partial charge >= 0.3 is 0 Å². The number of aromatic nitrogens is 2. The maximum absolute atomic E-state index is 5.42. The molecule has 1 aliphatic heterocycles. The summed E-state index contributed by atoms with van der Waals surface area (Å²) in [4.78, 5) is 0. The number of aryl methyl sites for hydroxylation is 1. The Labute approximate surface area is 90.6 Å². The fourth-order valence-electron chi connectivity index (χ4n) is 2.12. The van der Waals surface area contributed by atoms with E-state index >= 15 is 0 Å². The Balaban J connectivity index is 1.98. The van der Waals surface area contributed by atoms with Crippen LogP contribution >= 0.6 is 0 Å². The van der Waals surface area contributed by atoms with Crippen LogP contribution in [0.15, 0.2) is 12.3 Å². The molecule has 15 heavy (non-hydrogen) atoms. The van der Waals surface area contributed by atoms with Crippen molar-refractivity contribution in [2.75, 3.05) is 20.3 Å². The largest absolute Gasteiger partial charge is 0.381 e. The highest BCUT2D eigenvalue weighted by atomic mass is 16.5. The lowest BCUT2D eigenvalue weighted by Crippen LogP contribution is -2.38.